The molecule has 76 valence electrons. The lowest BCUT2D eigenvalue weighted by molar-refractivity contribution is 0.631. The van der Waals surface area contributed by atoms with Crippen molar-refractivity contribution in [1.29, 1.82) is 0 Å². The highest BCUT2D eigenvalue weighted by atomic mass is 35.5. The smallest absolute Gasteiger partial charge is 0.134 e. The van der Waals surface area contributed by atoms with Crippen LogP contribution in [0.4, 0.5) is 4.39 Å². The fraction of sp³-hybridized carbons (Fsp3) is 0. The summed E-state index contributed by atoms with van der Waals surface area (Å²) in [4.78, 5) is 4.02. The molecule has 0 saturated heterocycles. The van der Waals surface area contributed by atoms with Gasteiger partial charge in [-0.25, -0.2) is 9.37 Å². The Morgan fingerprint density at radius 3 is 2.53 bits per heavy atom. The highest BCUT2D eigenvalue weighted by molar-refractivity contribution is 6.30. The third-order valence-corrected chi connectivity index (χ3v) is 2.37. The van der Waals surface area contributed by atoms with E-state index in [-0.39, 0.29) is 0 Å². The van der Waals surface area contributed by atoms with Gasteiger partial charge in [-0.15, -0.1) is 0 Å². The maximum atomic E-state index is 13.5. The van der Waals surface area contributed by atoms with Crippen LogP contribution in [0.25, 0.3) is 11.3 Å². The van der Waals surface area contributed by atoms with Crippen molar-refractivity contribution < 1.29 is 4.39 Å². The van der Waals surface area contributed by atoms with E-state index in [1.54, 1.807) is 30.3 Å². The molecule has 0 radical (unpaired) electrons. The van der Waals surface area contributed by atoms with Crippen molar-refractivity contribution in [2.75, 3.05) is 0 Å². The number of rotatable bonds is 1. The van der Waals surface area contributed by atoms with E-state index >= 15 is 0 Å². The van der Waals surface area contributed by atoms with Gasteiger partial charge in [0.05, 0.1) is 5.69 Å². The fourth-order valence-electron chi connectivity index (χ4n) is 1.26. The highest BCUT2D eigenvalue weighted by Gasteiger charge is 2.06. The molecule has 0 amide bonds. The Labute approximate surface area is 96.5 Å². The van der Waals surface area contributed by atoms with Gasteiger partial charge in [0.15, 0.2) is 0 Å². The van der Waals surface area contributed by atoms with Crippen LogP contribution in [0, 0.1) is 5.82 Å². The maximum Gasteiger partial charge on any atom is 0.134 e. The van der Waals surface area contributed by atoms with Crippen LogP contribution in [0.1, 0.15) is 0 Å². The predicted molar refractivity (Wildman–Crippen MR) is 59.7 cm³/mol. The summed E-state index contributed by atoms with van der Waals surface area (Å²) in [7, 11) is 0. The number of benzene rings is 1. The molecule has 1 nitrogen and oxygen atoms in total. The van der Waals surface area contributed by atoms with Crippen molar-refractivity contribution in [2.45, 2.75) is 0 Å². The van der Waals surface area contributed by atoms with E-state index in [4.69, 9.17) is 23.2 Å². The summed E-state index contributed by atoms with van der Waals surface area (Å²) in [6.45, 7) is 0. The van der Waals surface area contributed by atoms with Crippen molar-refractivity contribution in [1.82, 2.24) is 4.98 Å². The predicted octanol–water partition coefficient (Wildman–Crippen LogP) is 4.19. The lowest BCUT2D eigenvalue weighted by Gasteiger charge is -2.02. The minimum atomic E-state index is -0.405. The van der Waals surface area contributed by atoms with Crippen LogP contribution < -0.4 is 0 Å². The minimum Gasteiger partial charge on any atom is -0.236 e. The molecule has 0 spiro atoms. The summed E-state index contributed by atoms with van der Waals surface area (Å²) in [5.41, 5.74) is 0.888. The van der Waals surface area contributed by atoms with Crippen LogP contribution >= 0.6 is 23.2 Å². The summed E-state index contributed by atoms with van der Waals surface area (Å²) in [6, 6.07) is 9.49. The lowest BCUT2D eigenvalue weighted by Crippen LogP contribution is -1.87. The van der Waals surface area contributed by atoms with E-state index in [1.165, 1.54) is 6.07 Å². The van der Waals surface area contributed by atoms with Crippen LogP contribution in [0.15, 0.2) is 36.4 Å². The highest BCUT2D eigenvalue weighted by Crippen LogP contribution is 2.24. The summed E-state index contributed by atoms with van der Waals surface area (Å²) < 4.78 is 13.5. The SMILES string of the molecule is Fc1cc(Cl)ccc1-c1cccc(Cl)n1. The molecule has 0 aliphatic heterocycles. The number of halogens is 3. The molecule has 1 heterocycles. The Hall–Kier alpha value is -1.12. The second-order valence-corrected chi connectivity index (χ2v) is 3.79. The van der Waals surface area contributed by atoms with Crippen molar-refractivity contribution in [3.8, 4) is 11.3 Å². The van der Waals surface area contributed by atoms with Gasteiger partial charge in [0.1, 0.15) is 11.0 Å². The van der Waals surface area contributed by atoms with E-state index in [2.05, 4.69) is 4.98 Å². The molecule has 2 aromatic rings. The zero-order chi connectivity index (χ0) is 10.8. The molecule has 0 N–H and O–H groups in total. The summed E-state index contributed by atoms with van der Waals surface area (Å²) in [5.74, 6) is -0.405. The molecule has 0 bridgehead atoms. The van der Waals surface area contributed by atoms with Gasteiger partial charge in [-0.3, -0.25) is 0 Å². The quantitative estimate of drug-likeness (QED) is 0.683. The van der Waals surface area contributed by atoms with E-state index in [0.717, 1.165) is 0 Å². The van der Waals surface area contributed by atoms with Gasteiger partial charge in [-0.2, -0.15) is 0 Å². The average molecular weight is 242 g/mol. The number of pyridine rings is 1. The monoisotopic (exact) mass is 241 g/mol. The van der Waals surface area contributed by atoms with E-state index in [0.29, 0.717) is 21.4 Å². The minimum absolute atomic E-state index is 0.335. The first-order chi connectivity index (χ1) is 7.16. The molecular formula is C11H6Cl2FN. The van der Waals surface area contributed by atoms with Gasteiger partial charge in [-0.05, 0) is 30.3 Å². The zero-order valence-electron chi connectivity index (χ0n) is 7.55. The molecule has 0 aliphatic rings. The average Bonchev–Trinajstić information content (AvgIpc) is 2.17. The van der Waals surface area contributed by atoms with Crippen molar-refractivity contribution in [2.24, 2.45) is 0 Å². The molecule has 1 aromatic heterocycles. The largest absolute Gasteiger partial charge is 0.236 e. The van der Waals surface area contributed by atoms with E-state index < -0.39 is 5.82 Å². The molecular weight excluding hydrogens is 236 g/mol. The third-order valence-electron chi connectivity index (χ3n) is 1.92. The fourth-order valence-corrected chi connectivity index (χ4v) is 1.58. The zero-order valence-corrected chi connectivity index (χ0v) is 9.06. The van der Waals surface area contributed by atoms with Gasteiger partial charge in [-0.1, -0.05) is 29.3 Å². The maximum absolute atomic E-state index is 13.5. The summed E-state index contributed by atoms with van der Waals surface area (Å²) in [5, 5.41) is 0.695. The topological polar surface area (TPSA) is 12.9 Å². The van der Waals surface area contributed by atoms with E-state index in [1.807, 2.05) is 0 Å². The molecule has 0 fully saturated rings. The first-order valence-corrected chi connectivity index (χ1v) is 5.00. The van der Waals surface area contributed by atoms with Crippen LogP contribution in [0.2, 0.25) is 10.2 Å². The number of hydrogen-bond donors (Lipinski definition) is 0. The normalized spacial score (nSPS) is 10.3. The van der Waals surface area contributed by atoms with E-state index in [9.17, 15) is 4.39 Å². The van der Waals surface area contributed by atoms with Gasteiger partial charge < -0.3 is 0 Å². The van der Waals surface area contributed by atoms with Crippen LogP contribution in [-0.4, -0.2) is 4.98 Å². The Morgan fingerprint density at radius 1 is 1.07 bits per heavy atom. The Morgan fingerprint density at radius 2 is 1.87 bits per heavy atom. The van der Waals surface area contributed by atoms with Gasteiger partial charge in [0.2, 0.25) is 0 Å². The second-order valence-electron chi connectivity index (χ2n) is 2.97. The Balaban J connectivity index is 2.54. The number of hydrogen-bond acceptors (Lipinski definition) is 1. The van der Waals surface area contributed by atoms with Gasteiger partial charge in [0.25, 0.3) is 0 Å². The first-order valence-electron chi connectivity index (χ1n) is 4.25. The van der Waals surface area contributed by atoms with Crippen molar-refractivity contribution in [3.05, 3.63) is 52.4 Å². The molecule has 0 saturated carbocycles. The van der Waals surface area contributed by atoms with Crippen LogP contribution in [0.3, 0.4) is 0 Å². The number of aromatic nitrogens is 1. The molecule has 0 atom stereocenters. The molecule has 4 heteroatoms. The molecule has 2 rings (SSSR count). The molecule has 0 unspecified atom stereocenters. The Kier molecular flexibility index (Phi) is 2.89. The second kappa shape index (κ2) is 4.17. The lowest BCUT2D eigenvalue weighted by atomic mass is 10.1. The van der Waals surface area contributed by atoms with Gasteiger partial charge in [0, 0.05) is 10.6 Å². The van der Waals surface area contributed by atoms with Gasteiger partial charge >= 0.3 is 0 Å². The first kappa shape index (κ1) is 10.4. The Bertz CT molecular complexity index is 500. The standard InChI is InChI=1S/C11H6Cl2FN/c12-7-4-5-8(9(14)6-7)10-2-1-3-11(13)15-10/h1-6H. The molecule has 1 aromatic carbocycles. The van der Waals surface area contributed by atoms with Crippen molar-refractivity contribution in [3.63, 3.8) is 0 Å². The van der Waals surface area contributed by atoms with Crippen LogP contribution in [0.5, 0.6) is 0 Å². The summed E-state index contributed by atoms with van der Waals surface area (Å²) >= 11 is 11.4. The molecule has 15 heavy (non-hydrogen) atoms. The van der Waals surface area contributed by atoms with Crippen molar-refractivity contribution >= 4 is 23.2 Å². The van der Waals surface area contributed by atoms with Crippen LogP contribution in [-0.2, 0) is 0 Å². The number of nitrogens with zero attached hydrogens (tertiary/aromatic N) is 1. The summed E-state index contributed by atoms with van der Waals surface area (Å²) in [6.07, 6.45) is 0. The molecule has 0 aliphatic carbocycles. The third kappa shape index (κ3) is 2.28.